The number of hydrogen-bond donors (Lipinski definition) is 1. The number of benzene rings is 2. The maximum atomic E-state index is 14.0. The minimum Gasteiger partial charge on any atom is -0.443 e. The highest BCUT2D eigenvalue weighted by Crippen LogP contribution is 2.35. The molecule has 1 saturated carbocycles. The maximum Gasteiger partial charge on any atom is 0.420 e. The highest BCUT2D eigenvalue weighted by Gasteiger charge is 2.42. The van der Waals surface area contributed by atoms with Crippen LogP contribution in [0.25, 0.3) is 22.2 Å². The fourth-order valence-electron chi connectivity index (χ4n) is 7.19. The van der Waals surface area contributed by atoms with Crippen LogP contribution in [0.5, 0.6) is 0 Å². The molecule has 5 rings (SSSR count). The van der Waals surface area contributed by atoms with Crippen LogP contribution in [0.15, 0.2) is 48.7 Å². The van der Waals surface area contributed by atoms with Gasteiger partial charge in [-0.05, 0) is 131 Å². The first-order chi connectivity index (χ1) is 28.6. The summed E-state index contributed by atoms with van der Waals surface area (Å²) in [5.41, 5.74) is -0.332. The first kappa shape index (κ1) is 47.3. The number of aromatic nitrogens is 4. The van der Waals surface area contributed by atoms with Crippen LogP contribution in [-0.2, 0) is 38.6 Å². The Morgan fingerprint density at radius 3 is 1.94 bits per heavy atom. The second-order valence-corrected chi connectivity index (χ2v) is 18.6. The fraction of sp³-hybridized carbons (Fsp3) is 0.533. The van der Waals surface area contributed by atoms with E-state index < -0.39 is 70.7 Å². The highest BCUT2D eigenvalue weighted by atomic mass is 19.4. The van der Waals surface area contributed by atoms with Crippen molar-refractivity contribution in [3.05, 3.63) is 65.4 Å². The molecule has 2 heterocycles. The van der Waals surface area contributed by atoms with Gasteiger partial charge in [-0.1, -0.05) is 25.1 Å². The van der Waals surface area contributed by atoms with Crippen molar-refractivity contribution in [2.45, 2.75) is 149 Å². The number of imide groups is 1. The number of ether oxygens (including phenoxy) is 3. The Labute approximate surface area is 360 Å². The van der Waals surface area contributed by atoms with Crippen molar-refractivity contribution in [3.8, 4) is 11.3 Å². The van der Waals surface area contributed by atoms with Crippen LogP contribution in [0.4, 0.5) is 39.3 Å². The fourth-order valence-corrected chi connectivity index (χ4v) is 7.19. The molecule has 1 atom stereocenters. The first-order valence-electron chi connectivity index (χ1n) is 20.7. The Morgan fingerprint density at radius 2 is 1.39 bits per heavy atom. The summed E-state index contributed by atoms with van der Waals surface area (Å²) in [5.74, 6) is -1.05. The molecular weight excluding hydrogens is 808 g/mol. The van der Waals surface area contributed by atoms with E-state index >= 15 is 0 Å². The van der Waals surface area contributed by atoms with E-state index in [9.17, 15) is 32.3 Å². The van der Waals surface area contributed by atoms with E-state index in [-0.39, 0.29) is 17.3 Å². The largest absolute Gasteiger partial charge is 0.443 e. The van der Waals surface area contributed by atoms with E-state index in [4.69, 9.17) is 19.2 Å². The lowest BCUT2D eigenvalue weighted by molar-refractivity contribution is -0.137. The van der Waals surface area contributed by atoms with Crippen molar-refractivity contribution in [1.82, 2.24) is 24.6 Å². The lowest BCUT2D eigenvalue weighted by Crippen LogP contribution is -2.52. The van der Waals surface area contributed by atoms with Gasteiger partial charge in [0.25, 0.3) is 0 Å². The summed E-state index contributed by atoms with van der Waals surface area (Å²) >= 11 is 0. The van der Waals surface area contributed by atoms with Crippen LogP contribution in [0.2, 0.25) is 0 Å². The molecule has 1 fully saturated rings. The van der Waals surface area contributed by atoms with Crippen molar-refractivity contribution >= 4 is 46.9 Å². The van der Waals surface area contributed by atoms with Gasteiger partial charge in [-0.3, -0.25) is 9.48 Å². The van der Waals surface area contributed by atoms with Crippen LogP contribution in [0.1, 0.15) is 124 Å². The SMILES string of the molecule is CCc1cc(-c2cc(NC(=O)C(C)c3cccc(C(F)(F)F)c3)nn2C)cc2cnc(N(C(=O)OC(C)(C)C)C3CCC(N(C(=O)OC(C)(C)C)C(=O)OC(C)(C)C)CC3)nc12. The van der Waals surface area contributed by atoms with Crippen molar-refractivity contribution in [1.29, 1.82) is 0 Å². The van der Waals surface area contributed by atoms with E-state index in [2.05, 4.69) is 15.4 Å². The standard InChI is InChI=1S/C45H58F3N7O7/c1-13-27-21-29(34-24-35(52-53(34)12)50-37(56)26(2)28-15-14-16-31(23-28)45(46,47)48)22-30-25-49-38(51-36(27)30)54(39(57)60-42(3,4)5)32-17-19-33(20-18-32)55(40(58)61-43(6,7)8)41(59)62-44(9,10)11/h14-16,21-26,32-33H,13,17-20H2,1-12H3,(H,50,52,56). The van der Waals surface area contributed by atoms with E-state index in [0.29, 0.717) is 48.7 Å². The minimum absolute atomic E-state index is 0.134. The van der Waals surface area contributed by atoms with Crippen molar-refractivity contribution in [2.75, 3.05) is 10.2 Å². The molecule has 4 amide bonds. The topological polar surface area (TPSA) is 158 Å². The van der Waals surface area contributed by atoms with Crippen LogP contribution in [0.3, 0.4) is 0 Å². The number of nitrogens with zero attached hydrogens (tertiary/aromatic N) is 6. The van der Waals surface area contributed by atoms with Gasteiger partial charge >= 0.3 is 24.5 Å². The molecule has 2 aromatic carbocycles. The predicted octanol–water partition coefficient (Wildman–Crippen LogP) is 10.6. The lowest BCUT2D eigenvalue weighted by Gasteiger charge is -2.39. The number of aryl methyl sites for hydroxylation is 2. The molecule has 336 valence electrons. The summed E-state index contributed by atoms with van der Waals surface area (Å²) in [7, 11) is 1.71. The van der Waals surface area contributed by atoms with Gasteiger partial charge in [-0.15, -0.1) is 0 Å². The smallest absolute Gasteiger partial charge is 0.420 e. The molecule has 1 N–H and O–H groups in total. The van der Waals surface area contributed by atoms with Crippen molar-refractivity contribution in [2.24, 2.45) is 7.05 Å². The lowest BCUT2D eigenvalue weighted by atomic mass is 9.89. The number of fused-ring (bicyclic) bond motifs is 1. The quantitative estimate of drug-likeness (QED) is 0.169. The highest BCUT2D eigenvalue weighted by molar-refractivity contribution is 5.96. The number of carbonyl (C=O) groups excluding carboxylic acids is 4. The Morgan fingerprint density at radius 1 is 0.823 bits per heavy atom. The Kier molecular flexibility index (Phi) is 13.7. The molecule has 14 nitrogen and oxygen atoms in total. The third kappa shape index (κ3) is 11.8. The van der Waals surface area contributed by atoms with Crippen molar-refractivity contribution in [3.63, 3.8) is 0 Å². The molecule has 0 bridgehead atoms. The molecule has 4 aromatic rings. The summed E-state index contributed by atoms with van der Waals surface area (Å²) in [6, 6.07) is 9.18. The van der Waals surface area contributed by atoms with Gasteiger partial charge in [-0.25, -0.2) is 34.2 Å². The van der Waals surface area contributed by atoms with Gasteiger partial charge in [-0.2, -0.15) is 18.3 Å². The van der Waals surface area contributed by atoms with Gasteiger partial charge in [0, 0.05) is 42.3 Å². The molecular formula is C45H58F3N7O7. The van der Waals surface area contributed by atoms with Crippen LogP contribution in [0, 0.1) is 0 Å². The minimum atomic E-state index is -4.54. The molecule has 0 spiro atoms. The Bertz CT molecular complexity index is 2270. The molecule has 1 unspecified atom stereocenters. The zero-order chi connectivity index (χ0) is 46.1. The maximum absolute atomic E-state index is 14.0. The van der Waals surface area contributed by atoms with Gasteiger partial charge in [0.05, 0.1) is 22.7 Å². The van der Waals surface area contributed by atoms with Crippen LogP contribution >= 0.6 is 0 Å². The third-order valence-corrected chi connectivity index (χ3v) is 10.0. The zero-order valence-corrected chi connectivity index (χ0v) is 37.6. The molecule has 17 heteroatoms. The van der Waals surface area contributed by atoms with Gasteiger partial charge in [0.15, 0.2) is 5.82 Å². The average molecular weight is 866 g/mol. The molecule has 0 radical (unpaired) electrons. The summed E-state index contributed by atoms with van der Waals surface area (Å²) in [5, 5.41) is 7.87. The number of halogens is 3. The summed E-state index contributed by atoms with van der Waals surface area (Å²) < 4.78 is 58.7. The Balaban J connectivity index is 1.42. The van der Waals surface area contributed by atoms with E-state index in [1.165, 1.54) is 24.0 Å². The van der Waals surface area contributed by atoms with E-state index in [1.54, 1.807) is 86.3 Å². The second kappa shape index (κ2) is 17.9. The number of hydrogen-bond acceptors (Lipinski definition) is 10. The number of nitrogens with one attached hydrogen (secondary N) is 1. The summed E-state index contributed by atoms with van der Waals surface area (Å²) in [6.07, 6.45) is -3.16. The van der Waals surface area contributed by atoms with E-state index in [1.807, 2.05) is 19.1 Å². The van der Waals surface area contributed by atoms with Crippen LogP contribution in [-0.4, -0.2) is 77.7 Å². The number of rotatable bonds is 8. The molecule has 1 aliphatic rings. The van der Waals surface area contributed by atoms with E-state index in [0.717, 1.165) is 28.2 Å². The molecule has 0 aliphatic heterocycles. The Hall–Kier alpha value is -5.74. The third-order valence-electron chi connectivity index (χ3n) is 10.0. The number of carbonyl (C=O) groups is 4. The second-order valence-electron chi connectivity index (χ2n) is 18.6. The monoisotopic (exact) mass is 865 g/mol. The number of alkyl halides is 3. The normalized spacial score (nSPS) is 16.6. The van der Waals surface area contributed by atoms with Gasteiger partial charge in [0.1, 0.15) is 16.8 Å². The average Bonchev–Trinajstić information content (AvgIpc) is 3.51. The summed E-state index contributed by atoms with van der Waals surface area (Å²) in [4.78, 5) is 66.1. The summed E-state index contributed by atoms with van der Waals surface area (Å²) in [6.45, 7) is 19.1. The molecule has 2 aromatic heterocycles. The van der Waals surface area contributed by atoms with Gasteiger partial charge < -0.3 is 19.5 Å². The predicted molar refractivity (Wildman–Crippen MR) is 229 cm³/mol. The molecule has 62 heavy (non-hydrogen) atoms. The zero-order valence-electron chi connectivity index (χ0n) is 37.6. The number of anilines is 2. The molecule has 0 saturated heterocycles. The van der Waals surface area contributed by atoms with Crippen LogP contribution < -0.4 is 10.2 Å². The van der Waals surface area contributed by atoms with Crippen molar-refractivity contribution < 1.29 is 46.6 Å². The number of amides is 4. The molecule has 1 aliphatic carbocycles. The van der Waals surface area contributed by atoms with Gasteiger partial charge in [0.2, 0.25) is 11.9 Å². The first-order valence-corrected chi connectivity index (χ1v) is 20.7.